The fourth-order valence-corrected chi connectivity index (χ4v) is 4.47. The standard InChI is InChI=1S/C25H19BrClNO4S/c26-19-8-11-22(32-16-17-6-9-20(27)10-7-17)18(14-19)15-23-24(29)28(25(30)33-23)12-13-31-21-4-2-1-3-5-21/h1-11,14-15H,12-13,16H2/b23-15-. The molecule has 0 aromatic heterocycles. The summed E-state index contributed by atoms with van der Waals surface area (Å²) in [6.45, 7) is 0.745. The third kappa shape index (κ3) is 6.19. The van der Waals surface area contributed by atoms with Crippen LogP contribution in [0.3, 0.4) is 0 Å². The molecule has 8 heteroatoms. The minimum atomic E-state index is -0.342. The summed E-state index contributed by atoms with van der Waals surface area (Å²) in [5, 5.41) is 0.342. The van der Waals surface area contributed by atoms with E-state index in [-0.39, 0.29) is 24.3 Å². The van der Waals surface area contributed by atoms with E-state index < -0.39 is 0 Å². The number of para-hydroxylation sites is 1. The molecule has 0 radical (unpaired) electrons. The van der Waals surface area contributed by atoms with E-state index in [0.717, 1.165) is 21.8 Å². The molecule has 0 aliphatic carbocycles. The molecule has 1 saturated heterocycles. The van der Waals surface area contributed by atoms with Gasteiger partial charge in [0.2, 0.25) is 0 Å². The van der Waals surface area contributed by atoms with Gasteiger partial charge in [-0.25, -0.2) is 0 Å². The summed E-state index contributed by atoms with van der Waals surface area (Å²) in [6, 6.07) is 22.2. The monoisotopic (exact) mass is 543 g/mol. The second-order valence-corrected chi connectivity index (χ2v) is 9.44. The Bertz CT molecular complexity index is 1180. The predicted molar refractivity (Wildman–Crippen MR) is 135 cm³/mol. The van der Waals surface area contributed by atoms with Gasteiger partial charge in [-0.3, -0.25) is 14.5 Å². The number of nitrogens with zero attached hydrogens (tertiary/aromatic N) is 1. The fourth-order valence-electron chi connectivity index (χ4n) is 3.11. The molecule has 0 unspecified atom stereocenters. The third-order valence-corrected chi connectivity index (χ3v) is 6.42. The van der Waals surface area contributed by atoms with Crippen LogP contribution in [-0.2, 0) is 11.4 Å². The molecule has 168 valence electrons. The lowest BCUT2D eigenvalue weighted by molar-refractivity contribution is -0.123. The number of rotatable bonds is 8. The Morgan fingerprint density at radius 1 is 0.970 bits per heavy atom. The van der Waals surface area contributed by atoms with E-state index in [1.165, 1.54) is 4.90 Å². The fraction of sp³-hybridized carbons (Fsp3) is 0.120. The van der Waals surface area contributed by atoms with Crippen LogP contribution in [0.15, 0.2) is 82.2 Å². The zero-order valence-electron chi connectivity index (χ0n) is 17.4. The van der Waals surface area contributed by atoms with Crippen molar-refractivity contribution < 1.29 is 19.1 Å². The van der Waals surface area contributed by atoms with Gasteiger partial charge >= 0.3 is 0 Å². The highest BCUT2D eigenvalue weighted by Gasteiger charge is 2.35. The zero-order valence-corrected chi connectivity index (χ0v) is 20.5. The molecule has 0 bridgehead atoms. The van der Waals surface area contributed by atoms with E-state index in [0.29, 0.717) is 33.6 Å². The summed E-state index contributed by atoms with van der Waals surface area (Å²) < 4.78 is 12.4. The van der Waals surface area contributed by atoms with Crippen molar-refractivity contribution in [1.82, 2.24) is 4.90 Å². The Morgan fingerprint density at radius 3 is 2.48 bits per heavy atom. The van der Waals surface area contributed by atoms with Crippen LogP contribution in [0.5, 0.6) is 11.5 Å². The molecule has 0 saturated carbocycles. The highest BCUT2D eigenvalue weighted by molar-refractivity contribution is 9.10. The zero-order chi connectivity index (χ0) is 23.2. The molecular weight excluding hydrogens is 526 g/mol. The molecule has 3 aromatic carbocycles. The van der Waals surface area contributed by atoms with E-state index >= 15 is 0 Å². The van der Waals surface area contributed by atoms with Crippen LogP contribution < -0.4 is 9.47 Å². The van der Waals surface area contributed by atoms with E-state index in [1.807, 2.05) is 60.7 Å². The van der Waals surface area contributed by atoms with Gasteiger partial charge in [-0.1, -0.05) is 57.9 Å². The summed E-state index contributed by atoms with van der Waals surface area (Å²) >= 11 is 10.3. The minimum absolute atomic E-state index is 0.176. The average molecular weight is 545 g/mol. The molecular formula is C25H19BrClNO4S. The Kier molecular flexibility index (Phi) is 7.75. The quantitative estimate of drug-likeness (QED) is 0.292. The number of hydrogen-bond acceptors (Lipinski definition) is 5. The number of carbonyl (C=O) groups excluding carboxylic acids is 2. The summed E-state index contributed by atoms with van der Waals surface area (Å²) in [5.74, 6) is 0.953. The number of benzene rings is 3. The normalized spacial score (nSPS) is 14.7. The molecule has 1 fully saturated rings. The minimum Gasteiger partial charge on any atom is -0.492 e. The Labute approximate surface area is 209 Å². The highest BCUT2D eigenvalue weighted by Crippen LogP contribution is 2.35. The van der Waals surface area contributed by atoms with Crippen LogP contribution in [0.2, 0.25) is 5.02 Å². The molecule has 2 amide bonds. The molecule has 1 aliphatic heterocycles. The topological polar surface area (TPSA) is 55.8 Å². The maximum Gasteiger partial charge on any atom is 0.293 e. The van der Waals surface area contributed by atoms with Crippen LogP contribution >= 0.6 is 39.3 Å². The van der Waals surface area contributed by atoms with Crippen molar-refractivity contribution in [2.24, 2.45) is 0 Å². The van der Waals surface area contributed by atoms with Gasteiger partial charge in [-0.15, -0.1) is 0 Å². The van der Waals surface area contributed by atoms with Gasteiger partial charge in [0, 0.05) is 15.1 Å². The SMILES string of the molecule is O=C1S/C(=C\c2cc(Br)ccc2OCc2ccc(Cl)cc2)C(=O)N1CCOc1ccccc1. The van der Waals surface area contributed by atoms with E-state index in [2.05, 4.69) is 15.9 Å². The van der Waals surface area contributed by atoms with Crippen molar-refractivity contribution in [2.75, 3.05) is 13.2 Å². The van der Waals surface area contributed by atoms with Crippen LogP contribution in [0, 0.1) is 0 Å². The molecule has 1 heterocycles. The van der Waals surface area contributed by atoms with Crippen molar-refractivity contribution in [3.05, 3.63) is 98.3 Å². The van der Waals surface area contributed by atoms with Crippen LogP contribution in [0.25, 0.3) is 6.08 Å². The number of hydrogen-bond donors (Lipinski definition) is 0. The van der Waals surface area contributed by atoms with E-state index in [1.54, 1.807) is 18.2 Å². The van der Waals surface area contributed by atoms with Gasteiger partial charge in [0.25, 0.3) is 11.1 Å². The summed E-state index contributed by atoms with van der Waals surface area (Å²) in [4.78, 5) is 26.8. The molecule has 0 atom stereocenters. The first-order valence-corrected chi connectivity index (χ1v) is 12.1. The molecule has 33 heavy (non-hydrogen) atoms. The lowest BCUT2D eigenvalue weighted by Gasteiger charge is -2.13. The predicted octanol–water partition coefficient (Wildman–Crippen LogP) is 6.80. The molecule has 5 nitrogen and oxygen atoms in total. The maximum absolute atomic E-state index is 12.9. The average Bonchev–Trinajstić information content (AvgIpc) is 3.08. The number of ether oxygens (including phenoxy) is 2. The molecule has 0 spiro atoms. The second-order valence-electron chi connectivity index (χ2n) is 7.09. The summed E-state index contributed by atoms with van der Waals surface area (Å²) in [7, 11) is 0. The molecule has 1 aliphatic rings. The smallest absolute Gasteiger partial charge is 0.293 e. The van der Waals surface area contributed by atoms with Crippen molar-refractivity contribution in [3.63, 3.8) is 0 Å². The number of carbonyl (C=O) groups is 2. The summed E-state index contributed by atoms with van der Waals surface area (Å²) in [6.07, 6.45) is 1.69. The first kappa shape index (κ1) is 23.4. The van der Waals surface area contributed by atoms with E-state index in [4.69, 9.17) is 21.1 Å². The highest BCUT2D eigenvalue weighted by atomic mass is 79.9. The van der Waals surface area contributed by atoms with Gasteiger partial charge in [0.05, 0.1) is 11.4 Å². The van der Waals surface area contributed by atoms with Crippen molar-refractivity contribution in [1.29, 1.82) is 0 Å². The van der Waals surface area contributed by atoms with Crippen LogP contribution in [-0.4, -0.2) is 29.2 Å². The van der Waals surface area contributed by atoms with Crippen LogP contribution in [0.1, 0.15) is 11.1 Å². The van der Waals surface area contributed by atoms with Crippen molar-refractivity contribution >= 4 is 56.5 Å². The lowest BCUT2D eigenvalue weighted by atomic mass is 10.1. The van der Waals surface area contributed by atoms with Crippen LogP contribution in [0.4, 0.5) is 4.79 Å². The van der Waals surface area contributed by atoms with Crippen molar-refractivity contribution in [3.8, 4) is 11.5 Å². The third-order valence-electron chi connectivity index (χ3n) is 4.77. The molecule has 4 rings (SSSR count). The number of thioether (sulfide) groups is 1. The maximum atomic E-state index is 12.9. The molecule has 0 N–H and O–H groups in total. The van der Waals surface area contributed by atoms with Gasteiger partial charge in [0.1, 0.15) is 24.7 Å². The first-order chi connectivity index (χ1) is 16.0. The lowest BCUT2D eigenvalue weighted by Crippen LogP contribution is -2.32. The van der Waals surface area contributed by atoms with Gasteiger partial charge in [0.15, 0.2) is 0 Å². The largest absolute Gasteiger partial charge is 0.492 e. The van der Waals surface area contributed by atoms with Gasteiger partial charge < -0.3 is 9.47 Å². The Morgan fingerprint density at radius 2 is 1.73 bits per heavy atom. The van der Waals surface area contributed by atoms with Gasteiger partial charge in [-0.2, -0.15) is 0 Å². The first-order valence-electron chi connectivity index (χ1n) is 10.1. The summed E-state index contributed by atoms with van der Waals surface area (Å²) in [5.41, 5.74) is 1.66. The van der Waals surface area contributed by atoms with E-state index in [9.17, 15) is 9.59 Å². The second kappa shape index (κ2) is 10.9. The van der Waals surface area contributed by atoms with Crippen molar-refractivity contribution in [2.45, 2.75) is 6.61 Å². The Hall–Kier alpha value is -2.74. The number of amides is 2. The number of halogens is 2. The Balaban J connectivity index is 1.45. The van der Waals surface area contributed by atoms with Gasteiger partial charge in [-0.05, 0) is 65.9 Å². The molecule has 3 aromatic rings. The number of imide groups is 1.